The van der Waals surface area contributed by atoms with E-state index in [9.17, 15) is 0 Å². The molecule has 0 radical (unpaired) electrons. The topological polar surface area (TPSA) is 50.1 Å². The molecule has 3 nitrogen and oxygen atoms in total. The molecule has 14 heavy (non-hydrogen) atoms. The zero-order valence-electron chi connectivity index (χ0n) is 8.51. The van der Waals surface area contributed by atoms with Crippen molar-refractivity contribution in [3.63, 3.8) is 0 Å². The van der Waals surface area contributed by atoms with Crippen molar-refractivity contribution >= 4 is 0 Å². The van der Waals surface area contributed by atoms with Gasteiger partial charge in [0.2, 0.25) is 0 Å². The van der Waals surface area contributed by atoms with E-state index in [-0.39, 0.29) is 0 Å². The lowest BCUT2D eigenvalue weighted by molar-refractivity contribution is 0.796. The second-order valence-electron chi connectivity index (χ2n) is 3.23. The Bertz CT molecular complexity index is 290. The molecule has 0 unspecified atom stereocenters. The predicted octanol–water partition coefficient (Wildman–Crippen LogP) is 0.925. The van der Waals surface area contributed by atoms with Crippen LogP contribution in [0, 0.1) is 0 Å². The second kappa shape index (κ2) is 5.29. The summed E-state index contributed by atoms with van der Waals surface area (Å²) < 4.78 is 0. The first-order valence-corrected chi connectivity index (χ1v) is 4.63. The van der Waals surface area contributed by atoms with Crippen LogP contribution in [0.5, 0.6) is 0 Å². The maximum atomic E-state index is 5.40. The standard InChI is InChI=1S/C11H17N3/c1-9(12)14-8-11-5-3-10(4-6-11)7-13-2/h3-6,13-14H,1,7-8,12H2,2H3. The largest absolute Gasteiger partial charge is 0.386 e. The molecule has 0 atom stereocenters. The molecule has 0 aromatic heterocycles. The van der Waals surface area contributed by atoms with E-state index in [1.807, 2.05) is 7.05 Å². The molecule has 76 valence electrons. The fourth-order valence-electron chi connectivity index (χ4n) is 1.19. The van der Waals surface area contributed by atoms with E-state index >= 15 is 0 Å². The maximum Gasteiger partial charge on any atom is 0.0888 e. The van der Waals surface area contributed by atoms with E-state index in [0.717, 1.165) is 13.1 Å². The van der Waals surface area contributed by atoms with Crippen molar-refractivity contribution in [3.05, 3.63) is 47.8 Å². The molecule has 0 aliphatic heterocycles. The quantitative estimate of drug-likeness (QED) is 0.649. The smallest absolute Gasteiger partial charge is 0.0888 e. The average Bonchev–Trinajstić information content (AvgIpc) is 2.17. The van der Waals surface area contributed by atoms with Crippen molar-refractivity contribution in [2.45, 2.75) is 13.1 Å². The molecule has 0 spiro atoms. The van der Waals surface area contributed by atoms with Gasteiger partial charge >= 0.3 is 0 Å². The molecule has 0 amide bonds. The Balaban J connectivity index is 2.50. The first-order valence-electron chi connectivity index (χ1n) is 4.63. The third kappa shape index (κ3) is 3.49. The van der Waals surface area contributed by atoms with Gasteiger partial charge in [-0.15, -0.1) is 0 Å². The van der Waals surface area contributed by atoms with E-state index in [2.05, 4.69) is 41.5 Å². The van der Waals surface area contributed by atoms with Crippen LogP contribution in [0.15, 0.2) is 36.7 Å². The molecule has 1 aromatic rings. The van der Waals surface area contributed by atoms with E-state index < -0.39 is 0 Å². The van der Waals surface area contributed by atoms with Crippen molar-refractivity contribution in [1.82, 2.24) is 10.6 Å². The Morgan fingerprint density at radius 1 is 1.21 bits per heavy atom. The molecule has 1 aromatic carbocycles. The summed E-state index contributed by atoms with van der Waals surface area (Å²) in [6, 6.07) is 8.38. The third-order valence-corrected chi connectivity index (χ3v) is 1.92. The SMILES string of the molecule is C=C(N)NCc1ccc(CNC)cc1. The highest BCUT2D eigenvalue weighted by Gasteiger charge is 1.93. The number of rotatable bonds is 5. The molecule has 0 bridgehead atoms. The Morgan fingerprint density at radius 3 is 2.14 bits per heavy atom. The van der Waals surface area contributed by atoms with Crippen molar-refractivity contribution < 1.29 is 0 Å². The van der Waals surface area contributed by atoms with Crippen molar-refractivity contribution in [1.29, 1.82) is 0 Å². The van der Waals surface area contributed by atoms with Gasteiger partial charge in [0.1, 0.15) is 0 Å². The van der Waals surface area contributed by atoms with Crippen LogP contribution >= 0.6 is 0 Å². The summed E-state index contributed by atoms with van der Waals surface area (Å²) in [5, 5.41) is 6.08. The average molecular weight is 191 g/mol. The first-order chi connectivity index (χ1) is 6.72. The Hall–Kier alpha value is -1.48. The van der Waals surface area contributed by atoms with Crippen LogP contribution in [-0.2, 0) is 13.1 Å². The summed E-state index contributed by atoms with van der Waals surface area (Å²) in [5.41, 5.74) is 7.89. The Labute approximate surface area is 85.0 Å². The molecule has 1 rings (SSSR count). The molecule has 0 saturated heterocycles. The van der Waals surface area contributed by atoms with Gasteiger partial charge in [-0.05, 0) is 18.2 Å². The predicted molar refractivity (Wildman–Crippen MR) is 59.4 cm³/mol. The van der Waals surface area contributed by atoms with E-state index in [1.54, 1.807) is 0 Å². The van der Waals surface area contributed by atoms with Gasteiger partial charge in [-0.2, -0.15) is 0 Å². The van der Waals surface area contributed by atoms with E-state index in [0.29, 0.717) is 5.82 Å². The highest BCUT2D eigenvalue weighted by Crippen LogP contribution is 2.03. The monoisotopic (exact) mass is 191 g/mol. The first kappa shape index (κ1) is 10.6. The van der Waals surface area contributed by atoms with Gasteiger partial charge < -0.3 is 16.4 Å². The van der Waals surface area contributed by atoms with Gasteiger partial charge in [0.15, 0.2) is 0 Å². The Morgan fingerprint density at radius 2 is 1.71 bits per heavy atom. The van der Waals surface area contributed by atoms with Crippen LogP contribution in [0.1, 0.15) is 11.1 Å². The molecule has 0 aliphatic rings. The van der Waals surface area contributed by atoms with E-state index in [1.165, 1.54) is 11.1 Å². The van der Waals surface area contributed by atoms with Crippen LogP contribution in [0.4, 0.5) is 0 Å². The molecular formula is C11H17N3. The molecule has 0 fully saturated rings. The molecule has 3 heteroatoms. The van der Waals surface area contributed by atoms with Gasteiger partial charge in [-0.25, -0.2) is 0 Å². The van der Waals surface area contributed by atoms with Crippen molar-refractivity contribution in [2.24, 2.45) is 5.73 Å². The van der Waals surface area contributed by atoms with Crippen LogP contribution in [0.2, 0.25) is 0 Å². The van der Waals surface area contributed by atoms with Gasteiger partial charge in [0.05, 0.1) is 5.82 Å². The summed E-state index contributed by atoms with van der Waals surface area (Å²) in [7, 11) is 1.94. The van der Waals surface area contributed by atoms with E-state index in [4.69, 9.17) is 5.73 Å². The number of hydrogen-bond acceptors (Lipinski definition) is 3. The van der Waals surface area contributed by atoms with Gasteiger partial charge in [0.25, 0.3) is 0 Å². The minimum atomic E-state index is 0.504. The van der Waals surface area contributed by atoms with Crippen LogP contribution in [0.3, 0.4) is 0 Å². The zero-order valence-corrected chi connectivity index (χ0v) is 8.51. The molecular weight excluding hydrogens is 174 g/mol. The lowest BCUT2D eigenvalue weighted by Gasteiger charge is -2.06. The molecule has 4 N–H and O–H groups in total. The zero-order chi connectivity index (χ0) is 10.4. The number of nitrogens with one attached hydrogen (secondary N) is 2. The summed E-state index contributed by atoms with van der Waals surface area (Å²) >= 11 is 0. The maximum absolute atomic E-state index is 5.40. The van der Waals surface area contributed by atoms with Gasteiger partial charge in [-0.3, -0.25) is 0 Å². The summed E-state index contributed by atoms with van der Waals surface area (Å²) in [5.74, 6) is 0.504. The summed E-state index contributed by atoms with van der Waals surface area (Å²) in [4.78, 5) is 0. The van der Waals surface area contributed by atoms with Crippen LogP contribution in [-0.4, -0.2) is 7.05 Å². The molecule has 0 heterocycles. The minimum Gasteiger partial charge on any atom is -0.386 e. The summed E-state index contributed by atoms with van der Waals surface area (Å²) in [6.45, 7) is 5.21. The summed E-state index contributed by atoms with van der Waals surface area (Å²) in [6.07, 6.45) is 0. The number of nitrogens with two attached hydrogens (primary N) is 1. The normalized spacial score (nSPS) is 9.79. The molecule has 0 aliphatic carbocycles. The van der Waals surface area contributed by atoms with Crippen LogP contribution < -0.4 is 16.4 Å². The fraction of sp³-hybridized carbons (Fsp3) is 0.273. The minimum absolute atomic E-state index is 0.504. The second-order valence-corrected chi connectivity index (χ2v) is 3.23. The van der Waals surface area contributed by atoms with Gasteiger partial charge in [-0.1, -0.05) is 30.8 Å². The lowest BCUT2D eigenvalue weighted by atomic mass is 10.1. The van der Waals surface area contributed by atoms with Crippen molar-refractivity contribution in [2.75, 3.05) is 7.05 Å². The highest BCUT2D eigenvalue weighted by molar-refractivity contribution is 5.22. The number of hydrogen-bond donors (Lipinski definition) is 3. The lowest BCUT2D eigenvalue weighted by Crippen LogP contribution is -2.18. The highest BCUT2D eigenvalue weighted by atomic mass is 15.0. The Kier molecular flexibility index (Phi) is 4.01. The number of benzene rings is 1. The van der Waals surface area contributed by atoms with Crippen LogP contribution in [0.25, 0.3) is 0 Å². The third-order valence-electron chi connectivity index (χ3n) is 1.92. The van der Waals surface area contributed by atoms with Gasteiger partial charge in [0, 0.05) is 13.1 Å². The van der Waals surface area contributed by atoms with Crippen molar-refractivity contribution in [3.8, 4) is 0 Å². The molecule has 0 saturated carbocycles. The fourth-order valence-corrected chi connectivity index (χ4v) is 1.19.